The number of hydrogen-bond acceptors (Lipinski definition) is 4. The van der Waals surface area contributed by atoms with Gasteiger partial charge in [0.05, 0.1) is 16.3 Å². The third-order valence-corrected chi connectivity index (χ3v) is 6.51. The molecule has 0 spiro atoms. The minimum Gasteiger partial charge on any atom is -0.324 e. The van der Waals surface area contributed by atoms with Gasteiger partial charge in [-0.15, -0.1) is 11.8 Å². The molecule has 1 aliphatic rings. The molecular weight excluding hydrogens is 344 g/mol. The SMILES string of the molecule is O=C(CSC1CCCCC1)Nc1ccccc1S(=O)(=O)C(F)F. The quantitative estimate of drug-likeness (QED) is 0.837. The van der Waals surface area contributed by atoms with Crippen molar-refractivity contribution in [2.75, 3.05) is 11.1 Å². The molecule has 1 aliphatic carbocycles. The number of carbonyl (C=O) groups excluding carboxylic acids is 1. The fraction of sp³-hybridized carbons (Fsp3) is 0.533. The van der Waals surface area contributed by atoms with Crippen molar-refractivity contribution in [3.8, 4) is 0 Å². The minimum atomic E-state index is -4.74. The standard InChI is InChI=1S/C15H19F2NO3S2/c16-15(17)23(20,21)13-9-5-4-8-12(13)18-14(19)10-22-11-6-2-1-3-7-11/h4-5,8-9,11,15H,1-3,6-7,10H2,(H,18,19). The summed E-state index contributed by atoms with van der Waals surface area (Å²) in [5, 5.41) is 2.88. The molecule has 0 saturated heterocycles. The van der Waals surface area contributed by atoms with Crippen LogP contribution in [0.1, 0.15) is 32.1 Å². The average Bonchev–Trinajstić information content (AvgIpc) is 2.54. The smallest absolute Gasteiger partial charge is 0.324 e. The molecule has 0 atom stereocenters. The van der Waals surface area contributed by atoms with E-state index >= 15 is 0 Å². The van der Waals surface area contributed by atoms with Gasteiger partial charge in [0.25, 0.3) is 0 Å². The highest BCUT2D eigenvalue weighted by molar-refractivity contribution is 8.00. The first kappa shape index (κ1) is 18.2. The van der Waals surface area contributed by atoms with Crippen molar-refractivity contribution in [1.82, 2.24) is 0 Å². The fourth-order valence-corrected chi connectivity index (χ4v) is 4.54. The maximum absolute atomic E-state index is 12.7. The van der Waals surface area contributed by atoms with Crippen LogP contribution in [-0.4, -0.2) is 31.1 Å². The van der Waals surface area contributed by atoms with E-state index in [1.54, 1.807) is 0 Å². The van der Waals surface area contributed by atoms with Gasteiger partial charge in [-0.05, 0) is 25.0 Å². The summed E-state index contributed by atoms with van der Waals surface area (Å²) >= 11 is 1.53. The van der Waals surface area contributed by atoms with E-state index in [0.717, 1.165) is 31.7 Å². The number of halogens is 2. The molecule has 2 rings (SSSR count). The number of anilines is 1. The van der Waals surface area contributed by atoms with Crippen LogP contribution in [0.3, 0.4) is 0 Å². The molecule has 4 nitrogen and oxygen atoms in total. The molecule has 1 N–H and O–H groups in total. The molecule has 1 aromatic rings. The van der Waals surface area contributed by atoms with Crippen molar-refractivity contribution < 1.29 is 22.0 Å². The lowest BCUT2D eigenvalue weighted by Crippen LogP contribution is -2.20. The van der Waals surface area contributed by atoms with Gasteiger partial charge in [-0.1, -0.05) is 31.4 Å². The zero-order valence-electron chi connectivity index (χ0n) is 12.5. The summed E-state index contributed by atoms with van der Waals surface area (Å²) in [5.41, 5.74) is -0.0953. The van der Waals surface area contributed by atoms with Crippen molar-refractivity contribution in [1.29, 1.82) is 0 Å². The first-order valence-electron chi connectivity index (χ1n) is 7.44. The molecule has 1 saturated carbocycles. The Morgan fingerprint density at radius 2 is 1.87 bits per heavy atom. The predicted molar refractivity (Wildman–Crippen MR) is 87.6 cm³/mol. The van der Waals surface area contributed by atoms with E-state index in [1.165, 1.54) is 36.4 Å². The highest BCUT2D eigenvalue weighted by atomic mass is 32.2. The normalized spacial score (nSPS) is 16.5. The maximum atomic E-state index is 12.7. The first-order chi connectivity index (χ1) is 10.9. The number of nitrogens with one attached hydrogen (secondary N) is 1. The van der Waals surface area contributed by atoms with Crippen molar-refractivity contribution in [2.45, 2.75) is 48.0 Å². The van der Waals surface area contributed by atoms with Crippen LogP contribution >= 0.6 is 11.8 Å². The third-order valence-electron chi connectivity index (χ3n) is 3.70. The van der Waals surface area contributed by atoms with Gasteiger partial charge in [0, 0.05) is 5.25 Å². The Kier molecular flexibility index (Phi) is 6.41. The molecule has 1 amide bonds. The summed E-state index contributed by atoms with van der Waals surface area (Å²) in [6.07, 6.45) is 5.70. The van der Waals surface area contributed by atoms with Gasteiger partial charge >= 0.3 is 5.76 Å². The van der Waals surface area contributed by atoms with Crippen LogP contribution in [0.4, 0.5) is 14.5 Å². The molecule has 0 aromatic heterocycles. The van der Waals surface area contributed by atoms with Crippen molar-refractivity contribution >= 4 is 33.2 Å². The number of sulfone groups is 1. The number of amides is 1. The highest BCUT2D eigenvalue weighted by Crippen LogP contribution is 2.29. The molecule has 1 fully saturated rings. The van der Waals surface area contributed by atoms with Crippen molar-refractivity contribution in [3.05, 3.63) is 24.3 Å². The van der Waals surface area contributed by atoms with E-state index in [1.807, 2.05) is 0 Å². The molecule has 0 unspecified atom stereocenters. The summed E-state index contributed by atoms with van der Waals surface area (Å²) in [6.45, 7) is 0. The summed E-state index contributed by atoms with van der Waals surface area (Å²) < 4.78 is 48.7. The lowest BCUT2D eigenvalue weighted by molar-refractivity contribution is -0.113. The molecule has 0 heterocycles. The Morgan fingerprint density at radius 1 is 1.22 bits per heavy atom. The van der Waals surface area contributed by atoms with E-state index in [9.17, 15) is 22.0 Å². The lowest BCUT2D eigenvalue weighted by Gasteiger charge is -2.20. The van der Waals surface area contributed by atoms with Crippen LogP contribution < -0.4 is 5.32 Å². The topological polar surface area (TPSA) is 63.2 Å². The van der Waals surface area contributed by atoms with Gasteiger partial charge in [0.1, 0.15) is 0 Å². The Morgan fingerprint density at radius 3 is 2.52 bits per heavy atom. The molecular formula is C15H19F2NO3S2. The Labute approximate surface area is 139 Å². The van der Waals surface area contributed by atoms with Crippen molar-refractivity contribution in [2.24, 2.45) is 0 Å². The molecule has 23 heavy (non-hydrogen) atoms. The zero-order valence-corrected chi connectivity index (χ0v) is 14.1. The van der Waals surface area contributed by atoms with Gasteiger partial charge in [-0.2, -0.15) is 8.78 Å². The second kappa shape index (κ2) is 8.10. The summed E-state index contributed by atoms with van der Waals surface area (Å²) in [4.78, 5) is 11.4. The van der Waals surface area contributed by atoms with Crippen LogP contribution in [0.25, 0.3) is 0 Å². The third kappa shape index (κ3) is 4.91. The summed E-state index contributed by atoms with van der Waals surface area (Å²) in [5.74, 6) is -3.71. The van der Waals surface area contributed by atoms with E-state index in [2.05, 4.69) is 5.32 Å². The van der Waals surface area contributed by atoms with E-state index < -0.39 is 20.5 Å². The number of para-hydroxylation sites is 1. The van der Waals surface area contributed by atoms with Crippen LogP contribution in [0, 0.1) is 0 Å². The van der Waals surface area contributed by atoms with Gasteiger partial charge in [-0.25, -0.2) is 8.42 Å². The Hall–Kier alpha value is -1.15. The summed E-state index contributed by atoms with van der Waals surface area (Å²) in [6, 6.07) is 5.24. The van der Waals surface area contributed by atoms with E-state index in [4.69, 9.17) is 0 Å². The van der Waals surface area contributed by atoms with Gasteiger partial charge < -0.3 is 5.32 Å². The van der Waals surface area contributed by atoms with Crippen LogP contribution in [0.5, 0.6) is 0 Å². The number of hydrogen-bond donors (Lipinski definition) is 1. The fourth-order valence-electron chi connectivity index (χ4n) is 2.53. The van der Waals surface area contributed by atoms with Crippen LogP contribution in [-0.2, 0) is 14.6 Å². The second-order valence-electron chi connectivity index (χ2n) is 5.42. The van der Waals surface area contributed by atoms with Crippen LogP contribution in [0.2, 0.25) is 0 Å². The Bertz CT molecular complexity index is 644. The number of alkyl halides is 2. The molecule has 1 aromatic carbocycles. The van der Waals surface area contributed by atoms with E-state index in [-0.39, 0.29) is 17.3 Å². The van der Waals surface area contributed by atoms with Crippen molar-refractivity contribution in [3.63, 3.8) is 0 Å². The van der Waals surface area contributed by atoms with Crippen LogP contribution in [0.15, 0.2) is 29.2 Å². The molecule has 0 radical (unpaired) electrons. The van der Waals surface area contributed by atoms with Gasteiger partial charge in [-0.3, -0.25) is 4.79 Å². The maximum Gasteiger partial charge on any atom is 0.341 e. The number of rotatable bonds is 6. The summed E-state index contributed by atoms with van der Waals surface area (Å²) in [7, 11) is -4.74. The molecule has 128 valence electrons. The molecule has 0 aliphatic heterocycles. The largest absolute Gasteiger partial charge is 0.341 e. The average molecular weight is 363 g/mol. The lowest BCUT2D eigenvalue weighted by atomic mass is 10.0. The highest BCUT2D eigenvalue weighted by Gasteiger charge is 2.29. The minimum absolute atomic E-state index is 0.0953. The number of benzene rings is 1. The molecule has 0 bridgehead atoms. The monoisotopic (exact) mass is 363 g/mol. The number of carbonyl (C=O) groups is 1. The number of thioether (sulfide) groups is 1. The van der Waals surface area contributed by atoms with Gasteiger partial charge in [0.2, 0.25) is 15.7 Å². The van der Waals surface area contributed by atoms with E-state index in [0.29, 0.717) is 5.25 Å². The predicted octanol–water partition coefficient (Wildman–Crippen LogP) is 3.69. The zero-order chi connectivity index (χ0) is 16.9. The first-order valence-corrected chi connectivity index (χ1v) is 10.0. The second-order valence-corrected chi connectivity index (χ2v) is 8.60. The molecule has 8 heteroatoms. The Balaban J connectivity index is 2.01. The van der Waals surface area contributed by atoms with Gasteiger partial charge in [0.15, 0.2) is 0 Å².